The molecule has 2 aromatic rings. The van der Waals surface area contributed by atoms with Crippen molar-refractivity contribution in [2.75, 3.05) is 11.9 Å². The van der Waals surface area contributed by atoms with Gasteiger partial charge in [0.2, 0.25) is 0 Å². The van der Waals surface area contributed by atoms with Gasteiger partial charge in [0.1, 0.15) is 0 Å². The fourth-order valence-electron chi connectivity index (χ4n) is 2.26. The number of nitrogens with one attached hydrogen (secondary N) is 1. The molecule has 1 unspecified atom stereocenters. The summed E-state index contributed by atoms with van der Waals surface area (Å²) in [5.41, 5.74) is 1.16. The van der Waals surface area contributed by atoms with E-state index in [1.807, 2.05) is 6.20 Å². The van der Waals surface area contributed by atoms with E-state index in [0.717, 1.165) is 23.9 Å². The van der Waals surface area contributed by atoms with Gasteiger partial charge in [0.15, 0.2) is 0 Å². The Morgan fingerprint density at radius 2 is 2.38 bits per heavy atom. The lowest BCUT2D eigenvalue weighted by Crippen LogP contribution is -2.15. The third-order valence-electron chi connectivity index (χ3n) is 3.27. The van der Waals surface area contributed by atoms with E-state index in [1.54, 1.807) is 23.1 Å². The predicted octanol–water partition coefficient (Wildman–Crippen LogP) is 2.47. The van der Waals surface area contributed by atoms with Gasteiger partial charge in [-0.1, -0.05) is 0 Å². The van der Waals surface area contributed by atoms with Gasteiger partial charge in [0, 0.05) is 29.7 Å². The molecule has 0 aromatic carbocycles. The maximum atomic E-state index is 12.1. The smallest absolute Gasteiger partial charge is 0.257 e. The zero-order chi connectivity index (χ0) is 14.7. The molecule has 0 bridgehead atoms. The summed E-state index contributed by atoms with van der Waals surface area (Å²) in [5, 5.41) is 7.05. The Morgan fingerprint density at radius 3 is 3.14 bits per heavy atom. The Labute approximate surface area is 130 Å². The fraction of sp³-hybridized carbons (Fsp3) is 0.357. The summed E-state index contributed by atoms with van der Waals surface area (Å²) < 4.78 is 8.13. The van der Waals surface area contributed by atoms with Gasteiger partial charge in [-0.25, -0.2) is 0 Å². The van der Waals surface area contributed by atoms with Crippen LogP contribution in [0.25, 0.3) is 0 Å². The Kier molecular flexibility index (Phi) is 4.31. The van der Waals surface area contributed by atoms with Crippen molar-refractivity contribution >= 4 is 27.5 Å². The van der Waals surface area contributed by atoms with Crippen molar-refractivity contribution in [2.45, 2.75) is 25.5 Å². The largest absolute Gasteiger partial charge is 0.376 e. The van der Waals surface area contributed by atoms with Gasteiger partial charge >= 0.3 is 0 Å². The van der Waals surface area contributed by atoms with Crippen LogP contribution in [0.15, 0.2) is 35.3 Å². The molecule has 2 aromatic heterocycles. The topological polar surface area (TPSA) is 69.0 Å². The number of hydrogen-bond acceptors (Lipinski definition) is 4. The Balaban J connectivity index is 1.62. The lowest BCUT2D eigenvalue weighted by Gasteiger charge is -2.08. The van der Waals surface area contributed by atoms with E-state index in [2.05, 4.69) is 31.3 Å². The number of anilines is 1. The number of carbonyl (C=O) groups is 1. The van der Waals surface area contributed by atoms with E-state index in [-0.39, 0.29) is 12.0 Å². The minimum absolute atomic E-state index is 0.208. The van der Waals surface area contributed by atoms with Crippen LogP contribution in [0.1, 0.15) is 23.2 Å². The normalized spacial score (nSPS) is 17.9. The fourth-order valence-corrected chi connectivity index (χ4v) is 2.63. The van der Waals surface area contributed by atoms with Crippen LogP contribution in [-0.2, 0) is 11.3 Å². The molecule has 6 nitrogen and oxygen atoms in total. The molecule has 1 saturated heterocycles. The number of carbonyl (C=O) groups excluding carboxylic acids is 1. The van der Waals surface area contributed by atoms with Crippen LogP contribution in [-0.4, -0.2) is 33.4 Å². The van der Waals surface area contributed by atoms with E-state index in [0.29, 0.717) is 17.8 Å². The second-order valence-electron chi connectivity index (χ2n) is 4.93. The van der Waals surface area contributed by atoms with Gasteiger partial charge in [0.25, 0.3) is 5.91 Å². The van der Waals surface area contributed by atoms with Gasteiger partial charge in [-0.05, 0) is 34.8 Å². The Hall–Kier alpha value is -1.73. The molecular formula is C14H15BrN4O2. The third kappa shape index (κ3) is 3.68. The minimum Gasteiger partial charge on any atom is -0.376 e. The molecule has 0 saturated carbocycles. The molecule has 21 heavy (non-hydrogen) atoms. The maximum absolute atomic E-state index is 12.1. The lowest BCUT2D eigenvalue weighted by molar-refractivity contribution is 0.0940. The molecule has 7 heteroatoms. The molecule has 110 valence electrons. The van der Waals surface area contributed by atoms with Crippen LogP contribution < -0.4 is 5.32 Å². The monoisotopic (exact) mass is 350 g/mol. The van der Waals surface area contributed by atoms with Crippen molar-refractivity contribution in [3.63, 3.8) is 0 Å². The predicted molar refractivity (Wildman–Crippen MR) is 81.1 cm³/mol. The van der Waals surface area contributed by atoms with E-state index < -0.39 is 0 Å². The third-order valence-corrected chi connectivity index (χ3v) is 3.71. The molecule has 0 radical (unpaired) electrons. The van der Waals surface area contributed by atoms with Crippen LogP contribution in [0.5, 0.6) is 0 Å². The first kappa shape index (κ1) is 14.2. The number of hydrogen-bond donors (Lipinski definition) is 1. The summed E-state index contributed by atoms with van der Waals surface area (Å²) >= 11 is 3.30. The standard InChI is InChI=1S/C14H15BrN4O2/c15-11-4-10(5-16-6-11)14(20)18-12-7-17-19(8-12)9-13-2-1-3-21-13/h4-8,13H,1-3,9H2,(H,18,20). The summed E-state index contributed by atoms with van der Waals surface area (Å²) in [6, 6.07) is 1.72. The highest BCUT2D eigenvalue weighted by Gasteiger charge is 2.16. The van der Waals surface area contributed by atoms with Crippen LogP contribution in [0.3, 0.4) is 0 Å². The van der Waals surface area contributed by atoms with Gasteiger partial charge in [0.05, 0.1) is 30.1 Å². The molecule has 0 spiro atoms. The molecular weight excluding hydrogens is 336 g/mol. The van der Waals surface area contributed by atoms with Crippen LogP contribution in [0.2, 0.25) is 0 Å². The number of rotatable bonds is 4. The van der Waals surface area contributed by atoms with Crippen LogP contribution in [0, 0.1) is 0 Å². The van der Waals surface area contributed by atoms with Crippen molar-refractivity contribution < 1.29 is 9.53 Å². The van der Waals surface area contributed by atoms with Crippen molar-refractivity contribution in [3.8, 4) is 0 Å². The van der Waals surface area contributed by atoms with Gasteiger partial charge in [-0.3, -0.25) is 14.5 Å². The first-order valence-corrected chi connectivity index (χ1v) is 7.56. The number of aromatic nitrogens is 3. The first-order valence-electron chi connectivity index (χ1n) is 6.77. The van der Waals surface area contributed by atoms with Crippen molar-refractivity contribution in [2.24, 2.45) is 0 Å². The highest BCUT2D eigenvalue weighted by atomic mass is 79.9. The first-order chi connectivity index (χ1) is 10.2. The number of amides is 1. The van der Waals surface area contributed by atoms with Crippen LogP contribution in [0.4, 0.5) is 5.69 Å². The zero-order valence-electron chi connectivity index (χ0n) is 11.3. The van der Waals surface area contributed by atoms with Gasteiger partial charge in [-0.2, -0.15) is 5.10 Å². The van der Waals surface area contributed by atoms with E-state index in [1.165, 1.54) is 6.20 Å². The van der Waals surface area contributed by atoms with E-state index in [4.69, 9.17) is 4.74 Å². The molecule has 0 aliphatic carbocycles. The molecule has 1 atom stereocenters. The summed E-state index contributed by atoms with van der Waals surface area (Å²) in [6.07, 6.45) is 9.00. The molecule has 1 aliphatic heterocycles. The Morgan fingerprint density at radius 1 is 1.48 bits per heavy atom. The highest BCUT2D eigenvalue weighted by Crippen LogP contribution is 2.16. The molecule has 1 aliphatic rings. The maximum Gasteiger partial charge on any atom is 0.257 e. The minimum atomic E-state index is -0.208. The quantitative estimate of drug-likeness (QED) is 0.919. The number of halogens is 1. The number of ether oxygens (including phenoxy) is 1. The van der Waals surface area contributed by atoms with Crippen molar-refractivity contribution in [3.05, 3.63) is 40.9 Å². The summed E-state index contributed by atoms with van der Waals surface area (Å²) in [7, 11) is 0. The highest BCUT2D eigenvalue weighted by molar-refractivity contribution is 9.10. The van der Waals surface area contributed by atoms with Crippen LogP contribution >= 0.6 is 15.9 Å². The number of pyridine rings is 1. The van der Waals surface area contributed by atoms with Gasteiger partial charge < -0.3 is 10.1 Å². The second-order valence-corrected chi connectivity index (χ2v) is 5.85. The van der Waals surface area contributed by atoms with E-state index >= 15 is 0 Å². The molecule has 1 N–H and O–H groups in total. The van der Waals surface area contributed by atoms with Gasteiger partial charge in [-0.15, -0.1) is 0 Å². The van der Waals surface area contributed by atoms with Crippen molar-refractivity contribution in [1.29, 1.82) is 0 Å². The Bertz CT molecular complexity index is 637. The molecule has 1 amide bonds. The molecule has 3 heterocycles. The van der Waals surface area contributed by atoms with Crippen molar-refractivity contribution in [1.82, 2.24) is 14.8 Å². The summed E-state index contributed by atoms with van der Waals surface area (Å²) in [6.45, 7) is 1.54. The average molecular weight is 351 g/mol. The average Bonchev–Trinajstić information content (AvgIpc) is 3.11. The SMILES string of the molecule is O=C(Nc1cnn(CC2CCCO2)c1)c1cncc(Br)c1. The zero-order valence-corrected chi connectivity index (χ0v) is 12.9. The summed E-state index contributed by atoms with van der Waals surface area (Å²) in [4.78, 5) is 16.1. The molecule has 1 fully saturated rings. The molecule has 3 rings (SSSR count). The van der Waals surface area contributed by atoms with E-state index in [9.17, 15) is 4.79 Å². The summed E-state index contributed by atoms with van der Waals surface area (Å²) in [5.74, 6) is -0.208. The number of nitrogens with zero attached hydrogens (tertiary/aromatic N) is 3. The lowest BCUT2D eigenvalue weighted by atomic mass is 10.2. The second kappa shape index (κ2) is 6.36.